The summed E-state index contributed by atoms with van der Waals surface area (Å²) in [5.41, 5.74) is 1.01. The fourth-order valence-corrected chi connectivity index (χ4v) is 3.47. The van der Waals surface area contributed by atoms with E-state index in [1.165, 1.54) is 17.4 Å². The molecule has 0 saturated carbocycles. The number of halogens is 1. The molecule has 5 heteroatoms. The van der Waals surface area contributed by atoms with Crippen LogP contribution in [0.15, 0.2) is 48.5 Å². The van der Waals surface area contributed by atoms with Gasteiger partial charge in [0.25, 0.3) is 5.91 Å². The Kier molecular flexibility index (Phi) is 4.30. The Balaban J connectivity index is 1.78. The van der Waals surface area contributed by atoms with Crippen LogP contribution < -0.4 is 4.74 Å². The van der Waals surface area contributed by atoms with Crippen molar-refractivity contribution in [3.63, 3.8) is 0 Å². The predicted molar refractivity (Wildman–Crippen MR) is 90.6 cm³/mol. The zero-order valence-corrected chi connectivity index (χ0v) is 13.7. The summed E-state index contributed by atoms with van der Waals surface area (Å²) in [7, 11) is 3.36. The van der Waals surface area contributed by atoms with Gasteiger partial charge < -0.3 is 9.64 Å². The molecule has 0 aliphatic carbocycles. The van der Waals surface area contributed by atoms with E-state index in [1.54, 1.807) is 31.2 Å². The van der Waals surface area contributed by atoms with Crippen LogP contribution in [-0.4, -0.2) is 25.0 Å². The van der Waals surface area contributed by atoms with Gasteiger partial charge in [0, 0.05) is 23.7 Å². The lowest BCUT2D eigenvalue weighted by Crippen LogP contribution is -2.25. The molecule has 1 amide bonds. The van der Waals surface area contributed by atoms with E-state index in [2.05, 4.69) is 0 Å². The van der Waals surface area contributed by atoms with Gasteiger partial charge in [-0.25, -0.2) is 4.39 Å². The second-order valence-corrected chi connectivity index (χ2v) is 6.36. The van der Waals surface area contributed by atoms with Gasteiger partial charge in [0.05, 0.1) is 12.0 Å². The maximum atomic E-state index is 13.8. The van der Waals surface area contributed by atoms with Gasteiger partial charge in [-0.3, -0.25) is 4.79 Å². The van der Waals surface area contributed by atoms with E-state index in [4.69, 9.17) is 4.74 Å². The van der Waals surface area contributed by atoms with Crippen molar-refractivity contribution < 1.29 is 13.9 Å². The first-order valence-electron chi connectivity index (χ1n) is 7.15. The Labute approximate surface area is 137 Å². The van der Waals surface area contributed by atoms with Crippen LogP contribution in [0.2, 0.25) is 0 Å². The topological polar surface area (TPSA) is 29.5 Å². The molecule has 0 radical (unpaired) electrons. The number of ether oxygens (including phenoxy) is 1. The quantitative estimate of drug-likeness (QED) is 0.713. The van der Waals surface area contributed by atoms with Crippen LogP contribution in [0.3, 0.4) is 0 Å². The summed E-state index contributed by atoms with van der Waals surface area (Å²) in [6.45, 7) is 0.486. The van der Waals surface area contributed by atoms with E-state index in [0.717, 1.165) is 16.0 Å². The highest BCUT2D eigenvalue weighted by atomic mass is 32.1. The molecular weight excluding hydrogens is 313 g/mol. The average Bonchev–Trinajstić information content (AvgIpc) is 3.00. The van der Waals surface area contributed by atoms with Crippen LogP contribution in [0.1, 0.15) is 15.2 Å². The maximum Gasteiger partial charge on any atom is 0.264 e. The molecule has 23 heavy (non-hydrogen) atoms. The van der Waals surface area contributed by atoms with Gasteiger partial charge >= 0.3 is 0 Å². The van der Waals surface area contributed by atoms with Gasteiger partial charge in [0.15, 0.2) is 0 Å². The molecular formula is C18H16FNO2S. The first-order valence-corrected chi connectivity index (χ1v) is 7.96. The number of carbonyl (C=O) groups is 1. The minimum Gasteiger partial charge on any atom is -0.497 e. The number of carbonyl (C=O) groups excluding carboxylic acids is 1. The standard InChI is InChI=1S/C18H16FNO2S/c1-20(11-12-6-8-13(22-2)9-7-12)18(21)17-10-14-15(19)4-3-5-16(14)23-17/h3-10H,11H2,1-2H3. The van der Waals surface area contributed by atoms with Gasteiger partial charge in [-0.05, 0) is 35.9 Å². The number of rotatable bonds is 4. The Morgan fingerprint density at radius 1 is 1.22 bits per heavy atom. The largest absolute Gasteiger partial charge is 0.497 e. The SMILES string of the molecule is COc1ccc(CN(C)C(=O)c2cc3c(F)cccc3s2)cc1. The van der Waals surface area contributed by atoms with Gasteiger partial charge in [-0.15, -0.1) is 11.3 Å². The summed E-state index contributed by atoms with van der Waals surface area (Å²) >= 11 is 1.31. The Bertz CT molecular complexity index is 842. The fraction of sp³-hybridized carbons (Fsp3) is 0.167. The third kappa shape index (κ3) is 3.19. The molecule has 0 saturated heterocycles. The number of hydrogen-bond donors (Lipinski definition) is 0. The zero-order chi connectivity index (χ0) is 16.4. The van der Waals surface area contributed by atoms with Crippen molar-refractivity contribution in [2.75, 3.05) is 14.2 Å². The summed E-state index contributed by atoms with van der Waals surface area (Å²) in [6, 6.07) is 14.1. The number of amides is 1. The number of benzene rings is 2. The van der Waals surface area contributed by atoms with Crippen molar-refractivity contribution in [3.8, 4) is 5.75 Å². The van der Waals surface area contributed by atoms with E-state index in [1.807, 2.05) is 30.3 Å². The smallest absolute Gasteiger partial charge is 0.264 e. The number of fused-ring (bicyclic) bond motifs is 1. The Morgan fingerprint density at radius 2 is 1.96 bits per heavy atom. The third-order valence-electron chi connectivity index (χ3n) is 3.64. The molecule has 0 aliphatic rings. The van der Waals surface area contributed by atoms with Crippen molar-refractivity contribution in [2.24, 2.45) is 0 Å². The van der Waals surface area contributed by atoms with Crippen molar-refractivity contribution >= 4 is 27.3 Å². The minimum absolute atomic E-state index is 0.110. The van der Waals surface area contributed by atoms with Crippen LogP contribution >= 0.6 is 11.3 Å². The van der Waals surface area contributed by atoms with Crippen LogP contribution in [-0.2, 0) is 6.54 Å². The molecule has 1 aromatic heterocycles. The zero-order valence-electron chi connectivity index (χ0n) is 12.9. The van der Waals surface area contributed by atoms with E-state index >= 15 is 0 Å². The van der Waals surface area contributed by atoms with E-state index in [-0.39, 0.29) is 11.7 Å². The number of thiophene rings is 1. The van der Waals surface area contributed by atoms with Crippen LogP contribution in [0.5, 0.6) is 5.75 Å². The summed E-state index contributed by atoms with van der Waals surface area (Å²) in [5.74, 6) is 0.375. The molecule has 0 N–H and O–H groups in total. The van der Waals surface area contributed by atoms with Gasteiger partial charge in [-0.2, -0.15) is 0 Å². The summed E-state index contributed by atoms with van der Waals surface area (Å²) in [6.07, 6.45) is 0. The first kappa shape index (κ1) is 15.5. The highest BCUT2D eigenvalue weighted by molar-refractivity contribution is 7.20. The second-order valence-electron chi connectivity index (χ2n) is 5.27. The summed E-state index contributed by atoms with van der Waals surface area (Å²) in [4.78, 5) is 14.7. The summed E-state index contributed by atoms with van der Waals surface area (Å²) in [5, 5.41) is 0.499. The van der Waals surface area contributed by atoms with E-state index in [0.29, 0.717) is 16.8 Å². The van der Waals surface area contributed by atoms with Crippen LogP contribution in [0.4, 0.5) is 4.39 Å². The third-order valence-corrected chi connectivity index (χ3v) is 4.73. The average molecular weight is 329 g/mol. The molecule has 0 bridgehead atoms. The summed E-state index contributed by atoms with van der Waals surface area (Å²) < 4.78 is 19.7. The van der Waals surface area contributed by atoms with E-state index in [9.17, 15) is 9.18 Å². The second kappa shape index (κ2) is 6.38. The number of hydrogen-bond acceptors (Lipinski definition) is 3. The molecule has 0 fully saturated rings. The Morgan fingerprint density at radius 3 is 2.61 bits per heavy atom. The van der Waals surface area contributed by atoms with Gasteiger partial charge in [0.2, 0.25) is 0 Å². The normalized spacial score (nSPS) is 10.7. The maximum absolute atomic E-state index is 13.8. The highest BCUT2D eigenvalue weighted by Gasteiger charge is 2.16. The fourth-order valence-electron chi connectivity index (χ4n) is 2.40. The monoisotopic (exact) mass is 329 g/mol. The van der Waals surface area contributed by atoms with Crippen molar-refractivity contribution in [3.05, 3.63) is 64.8 Å². The molecule has 0 atom stereocenters. The lowest BCUT2D eigenvalue weighted by Gasteiger charge is -2.16. The van der Waals surface area contributed by atoms with Gasteiger partial charge in [0.1, 0.15) is 11.6 Å². The molecule has 0 unspecified atom stereocenters. The van der Waals surface area contributed by atoms with Crippen LogP contribution in [0, 0.1) is 5.82 Å². The molecule has 0 aliphatic heterocycles. The van der Waals surface area contributed by atoms with Crippen molar-refractivity contribution in [1.29, 1.82) is 0 Å². The number of nitrogens with zero attached hydrogens (tertiary/aromatic N) is 1. The predicted octanol–water partition coefficient (Wildman–Crippen LogP) is 4.32. The highest BCUT2D eigenvalue weighted by Crippen LogP contribution is 2.28. The molecule has 2 aromatic carbocycles. The van der Waals surface area contributed by atoms with Gasteiger partial charge in [-0.1, -0.05) is 18.2 Å². The lowest BCUT2D eigenvalue weighted by atomic mass is 10.2. The molecule has 3 aromatic rings. The number of methoxy groups -OCH3 is 1. The molecule has 3 nitrogen and oxygen atoms in total. The van der Waals surface area contributed by atoms with Crippen molar-refractivity contribution in [2.45, 2.75) is 6.54 Å². The van der Waals surface area contributed by atoms with Crippen LogP contribution in [0.25, 0.3) is 10.1 Å². The van der Waals surface area contributed by atoms with E-state index < -0.39 is 0 Å². The van der Waals surface area contributed by atoms with Crippen molar-refractivity contribution in [1.82, 2.24) is 4.90 Å². The minimum atomic E-state index is -0.296. The Hall–Kier alpha value is -2.40. The molecule has 118 valence electrons. The molecule has 1 heterocycles. The first-order chi connectivity index (χ1) is 11.1. The molecule has 0 spiro atoms. The molecule has 3 rings (SSSR count). The lowest BCUT2D eigenvalue weighted by molar-refractivity contribution is 0.0790.